The van der Waals surface area contributed by atoms with E-state index in [-0.39, 0.29) is 24.0 Å². The zero-order valence-electron chi connectivity index (χ0n) is 10.6. The van der Waals surface area contributed by atoms with Crippen molar-refractivity contribution in [1.29, 1.82) is 0 Å². The standard InChI is InChI=1S/C13H18FNO3/c1-9(5-4-8-16)15-13(17)12-10(14)6-3-7-11(12)18-2/h3,6-7,9,16H,4-5,8H2,1-2H3,(H,15,17). The van der Waals surface area contributed by atoms with Crippen LogP contribution in [0, 0.1) is 5.82 Å². The predicted octanol–water partition coefficient (Wildman–Crippen LogP) is 1.73. The topological polar surface area (TPSA) is 58.6 Å². The molecule has 18 heavy (non-hydrogen) atoms. The molecule has 1 aromatic carbocycles. The number of ether oxygens (including phenoxy) is 1. The SMILES string of the molecule is COc1cccc(F)c1C(=O)NC(C)CCCO. The maximum absolute atomic E-state index is 13.6. The monoisotopic (exact) mass is 255 g/mol. The molecule has 0 bridgehead atoms. The minimum absolute atomic E-state index is 0.0726. The molecule has 0 spiro atoms. The van der Waals surface area contributed by atoms with Gasteiger partial charge in [0.1, 0.15) is 17.1 Å². The van der Waals surface area contributed by atoms with Gasteiger partial charge in [0.2, 0.25) is 0 Å². The Morgan fingerprint density at radius 3 is 2.89 bits per heavy atom. The van der Waals surface area contributed by atoms with Gasteiger partial charge in [-0.25, -0.2) is 4.39 Å². The Labute approximate surface area is 106 Å². The summed E-state index contributed by atoms with van der Waals surface area (Å²) < 4.78 is 18.6. The highest BCUT2D eigenvalue weighted by Crippen LogP contribution is 2.21. The van der Waals surface area contributed by atoms with Crippen molar-refractivity contribution in [2.45, 2.75) is 25.8 Å². The molecule has 5 heteroatoms. The number of aliphatic hydroxyl groups excluding tert-OH is 1. The second-order valence-electron chi connectivity index (χ2n) is 4.06. The highest BCUT2D eigenvalue weighted by molar-refractivity contribution is 5.97. The first kappa shape index (κ1) is 14.4. The van der Waals surface area contributed by atoms with Crippen LogP contribution in [-0.2, 0) is 0 Å². The van der Waals surface area contributed by atoms with Crippen LogP contribution >= 0.6 is 0 Å². The van der Waals surface area contributed by atoms with Gasteiger partial charge < -0.3 is 15.2 Å². The Balaban J connectivity index is 2.78. The lowest BCUT2D eigenvalue weighted by Crippen LogP contribution is -2.33. The fraction of sp³-hybridized carbons (Fsp3) is 0.462. The normalized spacial score (nSPS) is 12.0. The molecule has 0 aliphatic carbocycles. The first-order valence-corrected chi connectivity index (χ1v) is 5.84. The van der Waals surface area contributed by atoms with E-state index in [1.54, 1.807) is 6.92 Å². The summed E-state index contributed by atoms with van der Waals surface area (Å²) in [6, 6.07) is 4.11. The lowest BCUT2D eigenvalue weighted by molar-refractivity contribution is 0.0929. The molecule has 0 aromatic heterocycles. The highest BCUT2D eigenvalue weighted by atomic mass is 19.1. The molecule has 1 atom stereocenters. The van der Waals surface area contributed by atoms with Crippen LogP contribution in [0.5, 0.6) is 5.75 Å². The second kappa shape index (κ2) is 6.96. The summed E-state index contributed by atoms with van der Waals surface area (Å²) in [6.45, 7) is 1.88. The van der Waals surface area contributed by atoms with Gasteiger partial charge >= 0.3 is 0 Å². The molecule has 0 heterocycles. The first-order valence-electron chi connectivity index (χ1n) is 5.84. The minimum atomic E-state index is -0.610. The van der Waals surface area contributed by atoms with Gasteiger partial charge in [-0.15, -0.1) is 0 Å². The Hall–Kier alpha value is -1.62. The maximum atomic E-state index is 13.6. The minimum Gasteiger partial charge on any atom is -0.496 e. The molecule has 0 saturated carbocycles. The van der Waals surface area contributed by atoms with Gasteiger partial charge in [-0.05, 0) is 31.9 Å². The number of carbonyl (C=O) groups excluding carboxylic acids is 1. The molecule has 2 N–H and O–H groups in total. The third kappa shape index (κ3) is 3.70. The molecule has 4 nitrogen and oxygen atoms in total. The van der Waals surface area contributed by atoms with Gasteiger partial charge in [0.25, 0.3) is 5.91 Å². The summed E-state index contributed by atoms with van der Waals surface area (Å²) in [5.41, 5.74) is -0.0872. The zero-order valence-corrected chi connectivity index (χ0v) is 10.6. The molecular formula is C13H18FNO3. The Morgan fingerprint density at radius 1 is 1.56 bits per heavy atom. The fourth-order valence-corrected chi connectivity index (χ4v) is 1.66. The molecular weight excluding hydrogens is 237 g/mol. The average molecular weight is 255 g/mol. The maximum Gasteiger partial charge on any atom is 0.258 e. The fourth-order valence-electron chi connectivity index (χ4n) is 1.66. The van der Waals surface area contributed by atoms with E-state index in [9.17, 15) is 9.18 Å². The van der Waals surface area contributed by atoms with Gasteiger partial charge in [-0.2, -0.15) is 0 Å². The Bertz CT molecular complexity index is 409. The molecule has 0 aliphatic rings. The number of rotatable bonds is 6. The van der Waals surface area contributed by atoms with E-state index in [0.29, 0.717) is 12.8 Å². The lowest BCUT2D eigenvalue weighted by atomic mass is 10.1. The molecule has 0 radical (unpaired) electrons. The molecule has 0 fully saturated rings. The molecule has 1 rings (SSSR count). The van der Waals surface area contributed by atoms with Crippen LogP contribution in [-0.4, -0.2) is 30.8 Å². The number of carbonyl (C=O) groups is 1. The van der Waals surface area contributed by atoms with E-state index in [2.05, 4.69) is 5.32 Å². The lowest BCUT2D eigenvalue weighted by Gasteiger charge is -2.15. The van der Waals surface area contributed by atoms with Crippen molar-refractivity contribution in [2.24, 2.45) is 0 Å². The van der Waals surface area contributed by atoms with Gasteiger partial charge in [0, 0.05) is 12.6 Å². The van der Waals surface area contributed by atoms with E-state index in [4.69, 9.17) is 9.84 Å². The summed E-state index contributed by atoms with van der Waals surface area (Å²) in [5, 5.41) is 11.4. The van der Waals surface area contributed by atoms with Crippen molar-refractivity contribution >= 4 is 5.91 Å². The molecule has 100 valence electrons. The van der Waals surface area contributed by atoms with Crippen molar-refractivity contribution in [1.82, 2.24) is 5.32 Å². The number of nitrogens with one attached hydrogen (secondary N) is 1. The predicted molar refractivity (Wildman–Crippen MR) is 66.2 cm³/mol. The number of amides is 1. The van der Waals surface area contributed by atoms with Crippen LogP contribution < -0.4 is 10.1 Å². The van der Waals surface area contributed by atoms with E-state index < -0.39 is 11.7 Å². The summed E-state index contributed by atoms with van der Waals surface area (Å²) in [5.74, 6) is -0.904. The van der Waals surface area contributed by atoms with Crippen LogP contribution in [0.1, 0.15) is 30.1 Å². The Morgan fingerprint density at radius 2 is 2.28 bits per heavy atom. The molecule has 1 amide bonds. The van der Waals surface area contributed by atoms with Gasteiger partial charge in [-0.3, -0.25) is 4.79 Å². The van der Waals surface area contributed by atoms with Crippen molar-refractivity contribution in [3.63, 3.8) is 0 Å². The molecule has 1 aromatic rings. The number of halogens is 1. The summed E-state index contributed by atoms with van der Waals surface area (Å²) in [6.07, 6.45) is 1.23. The van der Waals surface area contributed by atoms with E-state index in [1.807, 2.05) is 0 Å². The van der Waals surface area contributed by atoms with Crippen molar-refractivity contribution in [3.8, 4) is 5.75 Å². The largest absolute Gasteiger partial charge is 0.496 e. The molecule has 1 unspecified atom stereocenters. The smallest absolute Gasteiger partial charge is 0.258 e. The van der Waals surface area contributed by atoms with Crippen LogP contribution in [0.3, 0.4) is 0 Å². The first-order chi connectivity index (χ1) is 8.60. The number of hydrogen-bond acceptors (Lipinski definition) is 3. The Kier molecular flexibility index (Phi) is 5.58. The van der Waals surface area contributed by atoms with Gasteiger partial charge in [-0.1, -0.05) is 6.07 Å². The third-order valence-corrected chi connectivity index (χ3v) is 2.60. The number of hydrogen-bond donors (Lipinski definition) is 2. The number of aliphatic hydroxyl groups is 1. The highest BCUT2D eigenvalue weighted by Gasteiger charge is 2.18. The second-order valence-corrected chi connectivity index (χ2v) is 4.06. The van der Waals surface area contributed by atoms with E-state index in [0.717, 1.165) is 0 Å². The number of benzene rings is 1. The summed E-state index contributed by atoms with van der Waals surface area (Å²) in [7, 11) is 1.39. The van der Waals surface area contributed by atoms with Crippen LogP contribution in [0.25, 0.3) is 0 Å². The quantitative estimate of drug-likeness (QED) is 0.813. The molecule has 0 aliphatic heterocycles. The van der Waals surface area contributed by atoms with Crippen LogP contribution in [0.2, 0.25) is 0 Å². The number of methoxy groups -OCH3 is 1. The van der Waals surface area contributed by atoms with Gasteiger partial charge in [0.05, 0.1) is 7.11 Å². The van der Waals surface area contributed by atoms with E-state index >= 15 is 0 Å². The van der Waals surface area contributed by atoms with E-state index in [1.165, 1.54) is 25.3 Å². The average Bonchev–Trinajstić information content (AvgIpc) is 2.35. The van der Waals surface area contributed by atoms with Gasteiger partial charge in [0.15, 0.2) is 0 Å². The van der Waals surface area contributed by atoms with Crippen molar-refractivity contribution < 1.29 is 19.0 Å². The van der Waals surface area contributed by atoms with Crippen LogP contribution in [0.4, 0.5) is 4.39 Å². The van der Waals surface area contributed by atoms with Crippen molar-refractivity contribution in [3.05, 3.63) is 29.6 Å². The molecule has 0 saturated heterocycles. The summed E-state index contributed by atoms with van der Waals surface area (Å²) in [4.78, 5) is 11.9. The van der Waals surface area contributed by atoms with Crippen LogP contribution in [0.15, 0.2) is 18.2 Å². The third-order valence-electron chi connectivity index (χ3n) is 2.60. The zero-order chi connectivity index (χ0) is 13.5. The summed E-state index contributed by atoms with van der Waals surface area (Å²) >= 11 is 0. The van der Waals surface area contributed by atoms with Crippen molar-refractivity contribution in [2.75, 3.05) is 13.7 Å².